The average molecular weight is 379 g/mol. The van der Waals surface area contributed by atoms with E-state index in [9.17, 15) is 0 Å². The standard InChI is InChI=1S/C25H34N2O/c1-19(2)23-18-27-15-7-6-9-24(27)22(23)17-20-10-12-21(13-11-20)28-16-8-14-26-25(3,4)5/h6-7,9-13,15,18-19,26H,8,14,16-17H2,1-5H3. The van der Waals surface area contributed by atoms with Crippen molar-refractivity contribution in [3.8, 4) is 5.75 Å². The smallest absolute Gasteiger partial charge is 0.119 e. The van der Waals surface area contributed by atoms with E-state index >= 15 is 0 Å². The maximum Gasteiger partial charge on any atom is 0.119 e. The van der Waals surface area contributed by atoms with Crippen molar-refractivity contribution in [2.24, 2.45) is 0 Å². The highest BCUT2D eigenvalue weighted by Crippen LogP contribution is 2.28. The second-order valence-electron chi connectivity index (χ2n) is 8.91. The average Bonchev–Trinajstić information content (AvgIpc) is 3.01. The molecule has 3 aromatic rings. The molecule has 0 saturated carbocycles. The second kappa shape index (κ2) is 8.83. The van der Waals surface area contributed by atoms with Crippen molar-refractivity contribution >= 4 is 5.52 Å². The van der Waals surface area contributed by atoms with Crippen molar-refractivity contribution in [3.63, 3.8) is 0 Å². The highest BCUT2D eigenvalue weighted by molar-refractivity contribution is 5.61. The molecule has 0 aliphatic rings. The fraction of sp³-hybridized carbons (Fsp3) is 0.440. The number of hydrogen-bond acceptors (Lipinski definition) is 2. The Morgan fingerprint density at radius 1 is 1.04 bits per heavy atom. The van der Waals surface area contributed by atoms with Crippen LogP contribution in [0.25, 0.3) is 5.52 Å². The van der Waals surface area contributed by atoms with E-state index in [2.05, 4.69) is 99.2 Å². The molecule has 2 heterocycles. The molecule has 1 aromatic carbocycles. The Morgan fingerprint density at radius 2 is 1.79 bits per heavy atom. The van der Waals surface area contributed by atoms with Gasteiger partial charge in [-0.1, -0.05) is 32.0 Å². The van der Waals surface area contributed by atoms with Crippen molar-refractivity contribution in [1.82, 2.24) is 9.72 Å². The number of hydrogen-bond donors (Lipinski definition) is 1. The van der Waals surface area contributed by atoms with Crippen LogP contribution in [0.2, 0.25) is 0 Å². The summed E-state index contributed by atoms with van der Waals surface area (Å²) in [4.78, 5) is 0. The number of fused-ring (bicyclic) bond motifs is 1. The van der Waals surface area contributed by atoms with E-state index in [0.717, 1.165) is 31.7 Å². The van der Waals surface area contributed by atoms with E-state index in [0.29, 0.717) is 5.92 Å². The van der Waals surface area contributed by atoms with Gasteiger partial charge in [-0.05, 0) is 87.0 Å². The van der Waals surface area contributed by atoms with Gasteiger partial charge in [0.25, 0.3) is 0 Å². The molecule has 0 atom stereocenters. The molecule has 3 heteroatoms. The van der Waals surface area contributed by atoms with Crippen molar-refractivity contribution in [3.05, 3.63) is 71.5 Å². The number of nitrogens with one attached hydrogen (secondary N) is 1. The van der Waals surface area contributed by atoms with Crippen LogP contribution < -0.4 is 10.1 Å². The summed E-state index contributed by atoms with van der Waals surface area (Å²) in [6.07, 6.45) is 6.37. The van der Waals surface area contributed by atoms with Gasteiger partial charge in [0.05, 0.1) is 6.61 Å². The number of ether oxygens (including phenoxy) is 1. The molecule has 0 bridgehead atoms. The molecule has 0 aliphatic carbocycles. The number of rotatable bonds is 8. The number of pyridine rings is 1. The minimum atomic E-state index is 0.166. The van der Waals surface area contributed by atoms with Crippen molar-refractivity contribution in [2.75, 3.05) is 13.2 Å². The molecule has 0 aliphatic heterocycles. The molecule has 28 heavy (non-hydrogen) atoms. The Morgan fingerprint density at radius 3 is 2.46 bits per heavy atom. The first-order chi connectivity index (χ1) is 13.3. The second-order valence-corrected chi connectivity index (χ2v) is 8.91. The van der Waals surface area contributed by atoms with Gasteiger partial charge in [0.2, 0.25) is 0 Å². The van der Waals surface area contributed by atoms with Crippen LogP contribution in [0.3, 0.4) is 0 Å². The predicted octanol–water partition coefficient (Wildman–Crippen LogP) is 5.81. The molecule has 2 aromatic heterocycles. The van der Waals surface area contributed by atoms with Gasteiger partial charge in [0, 0.05) is 23.4 Å². The Hall–Kier alpha value is -2.26. The SMILES string of the molecule is CC(C)c1cn2ccccc2c1Cc1ccc(OCCCNC(C)(C)C)cc1. The Balaban J connectivity index is 1.62. The summed E-state index contributed by atoms with van der Waals surface area (Å²) in [6.45, 7) is 12.8. The van der Waals surface area contributed by atoms with Gasteiger partial charge in [0.1, 0.15) is 5.75 Å². The summed E-state index contributed by atoms with van der Waals surface area (Å²) >= 11 is 0. The highest BCUT2D eigenvalue weighted by Gasteiger charge is 2.13. The van der Waals surface area contributed by atoms with Crippen LogP contribution in [0.5, 0.6) is 5.75 Å². The lowest BCUT2D eigenvalue weighted by molar-refractivity contribution is 0.298. The van der Waals surface area contributed by atoms with E-state index in [1.165, 1.54) is 22.2 Å². The molecule has 3 rings (SSSR count). The summed E-state index contributed by atoms with van der Waals surface area (Å²) in [5, 5.41) is 3.49. The molecule has 3 nitrogen and oxygen atoms in total. The van der Waals surface area contributed by atoms with Gasteiger partial charge in [-0.25, -0.2) is 0 Å². The van der Waals surface area contributed by atoms with Crippen LogP contribution in [-0.2, 0) is 6.42 Å². The molecular formula is C25H34N2O. The molecule has 150 valence electrons. The van der Waals surface area contributed by atoms with Gasteiger partial charge in [-0.2, -0.15) is 0 Å². The summed E-state index contributed by atoms with van der Waals surface area (Å²) < 4.78 is 8.14. The fourth-order valence-electron chi connectivity index (χ4n) is 3.52. The maximum absolute atomic E-state index is 5.90. The van der Waals surface area contributed by atoms with Crippen LogP contribution in [0.15, 0.2) is 54.9 Å². The van der Waals surface area contributed by atoms with E-state index in [1.54, 1.807) is 0 Å². The lowest BCUT2D eigenvalue weighted by Crippen LogP contribution is -2.36. The topological polar surface area (TPSA) is 25.7 Å². The van der Waals surface area contributed by atoms with Crippen LogP contribution in [0, 0.1) is 0 Å². The van der Waals surface area contributed by atoms with Crippen LogP contribution >= 0.6 is 0 Å². The fourth-order valence-corrected chi connectivity index (χ4v) is 3.52. The number of aromatic nitrogens is 1. The summed E-state index contributed by atoms with van der Waals surface area (Å²) in [7, 11) is 0. The molecular weight excluding hydrogens is 344 g/mol. The Bertz CT molecular complexity index is 885. The van der Waals surface area contributed by atoms with Gasteiger partial charge in [-0.3, -0.25) is 0 Å². The third kappa shape index (κ3) is 5.39. The largest absolute Gasteiger partial charge is 0.494 e. The molecule has 0 radical (unpaired) electrons. The molecule has 0 saturated heterocycles. The monoisotopic (exact) mass is 378 g/mol. The van der Waals surface area contributed by atoms with Crippen molar-refractivity contribution < 1.29 is 4.74 Å². The Kier molecular flexibility index (Phi) is 6.46. The van der Waals surface area contributed by atoms with Gasteiger partial charge in [0.15, 0.2) is 0 Å². The maximum atomic E-state index is 5.90. The molecule has 0 spiro atoms. The van der Waals surface area contributed by atoms with Crippen molar-refractivity contribution in [1.29, 1.82) is 0 Å². The number of benzene rings is 1. The predicted molar refractivity (Wildman–Crippen MR) is 119 cm³/mol. The minimum absolute atomic E-state index is 0.166. The molecule has 0 amide bonds. The summed E-state index contributed by atoms with van der Waals surface area (Å²) in [6, 6.07) is 15.0. The summed E-state index contributed by atoms with van der Waals surface area (Å²) in [5.41, 5.74) is 5.65. The first-order valence-electron chi connectivity index (χ1n) is 10.4. The van der Waals surface area contributed by atoms with Crippen LogP contribution in [0.4, 0.5) is 0 Å². The Labute approximate surface area is 169 Å². The normalized spacial score (nSPS) is 12.1. The third-order valence-electron chi connectivity index (χ3n) is 5.00. The lowest BCUT2D eigenvalue weighted by atomic mass is 9.96. The number of nitrogens with zero attached hydrogens (tertiary/aromatic N) is 1. The first-order valence-corrected chi connectivity index (χ1v) is 10.4. The van der Waals surface area contributed by atoms with E-state index in [4.69, 9.17) is 4.74 Å². The minimum Gasteiger partial charge on any atom is -0.494 e. The zero-order valence-electron chi connectivity index (χ0n) is 18.0. The first kappa shape index (κ1) is 20.5. The quantitative estimate of drug-likeness (QED) is 0.500. The van der Waals surface area contributed by atoms with Gasteiger partial charge < -0.3 is 14.5 Å². The third-order valence-corrected chi connectivity index (χ3v) is 5.00. The van der Waals surface area contributed by atoms with Crippen molar-refractivity contribution in [2.45, 2.75) is 58.9 Å². The zero-order chi connectivity index (χ0) is 20.1. The molecule has 0 unspecified atom stereocenters. The van der Waals surface area contributed by atoms with Crippen LogP contribution in [-0.4, -0.2) is 23.1 Å². The zero-order valence-corrected chi connectivity index (χ0v) is 18.0. The van der Waals surface area contributed by atoms with E-state index in [1.807, 2.05) is 0 Å². The van der Waals surface area contributed by atoms with Gasteiger partial charge in [-0.15, -0.1) is 0 Å². The highest BCUT2D eigenvalue weighted by atomic mass is 16.5. The summed E-state index contributed by atoms with van der Waals surface area (Å²) in [5.74, 6) is 1.46. The molecule has 1 N–H and O–H groups in total. The van der Waals surface area contributed by atoms with Crippen LogP contribution in [0.1, 0.15) is 63.6 Å². The molecule has 0 fully saturated rings. The van der Waals surface area contributed by atoms with E-state index in [-0.39, 0.29) is 5.54 Å². The van der Waals surface area contributed by atoms with E-state index < -0.39 is 0 Å². The van der Waals surface area contributed by atoms with Gasteiger partial charge >= 0.3 is 0 Å². The lowest BCUT2D eigenvalue weighted by Gasteiger charge is -2.20.